The van der Waals surface area contributed by atoms with Crippen molar-refractivity contribution in [1.82, 2.24) is 4.90 Å². The molecule has 1 aromatic carbocycles. The molecule has 1 aromatic rings. The van der Waals surface area contributed by atoms with Gasteiger partial charge in [0.2, 0.25) is 0 Å². The van der Waals surface area contributed by atoms with Gasteiger partial charge in [0, 0.05) is 22.8 Å². The van der Waals surface area contributed by atoms with Crippen molar-refractivity contribution in [2.75, 3.05) is 19.1 Å². The number of benzene rings is 1. The van der Waals surface area contributed by atoms with Crippen molar-refractivity contribution >= 4 is 27.7 Å². The summed E-state index contributed by atoms with van der Waals surface area (Å²) in [6, 6.07) is 9.13. The molecule has 90 valence electrons. The van der Waals surface area contributed by atoms with Crippen molar-refractivity contribution in [3.05, 3.63) is 34.3 Å². The Labute approximate surface area is 112 Å². The molecule has 16 heavy (non-hydrogen) atoms. The van der Waals surface area contributed by atoms with Crippen LogP contribution in [0.1, 0.15) is 18.9 Å². The van der Waals surface area contributed by atoms with E-state index in [0.717, 1.165) is 6.54 Å². The van der Waals surface area contributed by atoms with E-state index in [-0.39, 0.29) is 0 Å². The second-order valence-electron chi connectivity index (χ2n) is 4.02. The second kappa shape index (κ2) is 7.36. The lowest BCUT2D eigenvalue weighted by atomic mass is 10.1. The lowest BCUT2D eigenvalue weighted by Crippen LogP contribution is -2.32. The van der Waals surface area contributed by atoms with Gasteiger partial charge in [0.25, 0.3) is 0 Å². The fourth-order valence-corrected chi connectivity index (χ4v) is 3.06. The van der Waals surface area contributed by atoms with E-state index in [2.05, 4.69) is 65.3 Å². The van der Waals surface area contributed by atoms with E-state index in [1.165, 1.54) is 22.2 Å². The topological polar surface area (TPSA) is 3.24 Å². The number of rotatable bonds is 6. The molecular formula is C13H20BrNS. The summed E-state index contributed by atoms with van der Waals surface area (Å²) in [5.41, 5.74) is 1.37. The lowest BCUT2D eigenvalue weighted by Gasteiger charge is -2.26. The van der Waals surface area contributed by atoms with Crippen LogP contribution in [0.2, 0.25) is 0 Å². The Balaban J connectivity index is 2.62. The van der Waals surface area contributed by atoms with Gasteiger partial charge in [0.15, 0.2) is 0 Å². The van der Waals surface area contributed by atoms with Crippen molar-refractivity contribution < 1.29 is 0 Å². The molecule has 0 saturated carbocycles. The van der Waals surface area contributed by atoms with Gasteiger partial charge in [0.1, 0.15) is 0 Å². The summed E-state index contributed by atoms with van der Waals surface area (Å²) < 4.78 is 1.21. The minimum absolute atomic E-state index is 0.669. The van der Waals surface area contributed by atoms with Gasteiger partial charge in [-0.2, -0.15) is 11.8 Å². The molecule has 0 fully saturated rings. The molecule has 0 aromatic heterocycles. The summed E-state index contributed by atoms with van der Waals surface area (Å²) in [4.78, 5) is 2.44. The third-order valence-corrected chi connectivity index (χ3v) is 4.32. The molecule has 0 aliphatic carbocycles. The minimum Gasteiger partial charge on any atom is -0.298 e. The van der Waals surface area contributed by atoms with Crippen molar-refractivity contribution in [2.24, 2.45) is 0 Å². The maximum absolute atomic E-state index is 3.60. The summed E-state index contributed by atoms with van der Waals surface area (Å²) in [5, 5.41) is 0. The quantitative estimate of drug-likeness (QED) is 0.781. The molecule has 0 N–H and O–H groups in total. The van der Waals surface area contributed by atoms with E-state index in [1.54, 1.807) is 0 Å². The molecule has 1 rings (SSSR count). The molecule has 0 saturated heterocycles. The molecule has 3 heteroatoms. The van der Waals surface area contributed by atoms with Crippen LogP contribution in [0.25, 0.3) is 0 Å². The zero-order valence-electron chi connectivity index (χ0n) is 10.2. The molecular weight excluding hydrogens is 282 g/mol. The van der Waals surface area contributed by atoms with Gasteiger partial charge < -0.3 is 0 Å². The molecule has 0 aliphatic rings. The van der Waals surface area contributed by atoms with Crippen molar-refractivity contribution in [3.63, 3.8) is 0 Å². The predicted molar refractivity (Wildman–Crippen MR) is 78.1 cm³/mol. The number of thioether (sulfide) groups is 1. The van der Waals surface area contributed by atoms with Gasteiger partial charge in [0.05, 0.1) is 0 Å². The molecule has 1 unspecified atom stereocenters. The normalized spacial score (nSPS) is 13.1. The summed E-state index contributed by atoms with van der Waals surface area (Å²) in [7, 11) is 2.21. The van der Waals surface area contributed by atoms with Crippen LogP contribution in [0.15, 0.2) is 28.7 Å². The van der Waals surface area contributed by atoms with E-state index in [4.69, 9.17) is 0 Å². The summed E-state index contributed by atoms with van der Waals surface area (Å²) in [6.45, 7) is 3.28. The van der Waals surface area contributed by atoms with Crippen LogP contribution in [-0.2, 0) is 6.54 Å². The highest BCUT2D eigenvalue weighted by Gasteiger charge is 2.13. The minimum atomic E-state index is 0.669. The monoisotopic (exact) mass is 301 g/mol. The second-order valence-corrected chi connectivity index (χ2v) is 5.79. The van der Waals surface area contributed by atoms with Crippen molar-refractivity contribution in [2.45, 2.75) is 25.9 Å². The Hall–Kier alpha value is 0.01000. The summed E-state index contributed by atoms with van der Waals surface area (Å²) in [6.07, 6.45) is 3.39. The Morgan fingerprint density at radius 3 is 2.62 bits per heavy atom. The maximum atomic E-state index is 3.60. The van der Waals surface area contributed by atoms with Crippen molar-refractivity contribution in [3.8, 4) is 0 Å². The molecule has 0 aliphatic heterocycles. The maximum Gasteiger partial charge on any atom is 0.0245 e. The van der Waals surface area contributed by atoms with Gasteiger partial charge in [-0.1, -0.05) is 41.1 Å². The van der Waals surface area contributed by atoms with E-state index in [1.807, 2.05) is 11.8 Å². The van der Waals surface area contributed by atoms with Gasteiger partial charge in [-0.3, -0.25) is 4.90 Å². The Kier molecular flexibility index (Phi) is 6.47. The molecule has 0 spiro atoms. The third kappa shape index (κ3) is 4.11. The van der Waals surface area contributed by atoms with Crippen LogP contribution in [0.3, 0.4) is 0 Å². The highest BCUT2D eigenvalue weighted by atomic mass is 79.9. The first kappa shape index (κ1) is 14.1. The molecule has 0 amide bonds. The van der Waals surface area contributed by atoms with Gasteiger partial charge in [-0.15, -0.1) is 0 Å². The SMILES string of the molecule is CCC(CSC)N(C)Cc1ccccc1Br. The number of hydrogen-bond acceptors (Lipinski definition) is 2. The van der Waals surface area contributed by atoms with Crippen LogP contribution >= 0.6 is 27.7 Å². The van der Waals surface area contributed by atoms with E-state index < -0.39 is 0 Å². The molecule has 0 radical (unpaired) electrons. The molecule has 0 bridgehead atoms. The summed E-state index contributed by atoms with van der Waals surface area (Å²) >= 11 is 5.53. The average molecular weight is 302 g/mol. The highest BCUT2D eigenvalue weighted by Crippen LogP contribution is 2.19. The number of halogens is 1. The molecule has 1 atom stereocenters. The van der Waals surface area contributed by atoms with Crippen LogP contribution in [-0.4, -0.2) is 30.0 Å². The Bertz CT molecular complexity index is 317. The predicted octanol–water partition coefficient (Wildman–Crippen LogP) is 4.02. The zero-order valence-corrected chi connectivity index (χ0v) is 12.6. The standard InChI is InChI=1S/C13H20BrNS/c1-4-12(10-16-3)15(2)9-11-7-5-6-8-13(11)14/h5-8,12H,4,9-10H2,1-3H3. The van der Waals surface area contributed by atoms with Gasteiger partial charge in [-0.05, 0) is 31.4 Å². The van der Waals surface area contributed by atoms with Crippen molar-refractivity contribution in [1.29, 1.82) is 0 Å². The Morgan fingerprint density at radius 2 is 2.06 bits per heavy atom. The van der Waals surface area contributed by atoms with Crippen LogP contribution < -0.4 is 0 Å². The first-order valence-electron chi connectivity index (χ1n) is 5.61. The number of hydrogen-bond donors (Lipinski definition) is 0. The average Bonchev–Trinajstić information content (AvgIpc) is 2.29. The van der Waals surface area contributed by atoms with Crippen LogP contribution in [0.5, 0.6) is 0 Å². The molecule has 0 heterocycles. The third-order valence-electron chi connectivity index (χ3n) is 2.83. The van der Waals surface area contributed by atoms with E-state index in [0.29, 0.717) is 6.04 Å². The first-order chi connectivity index (χ1) is 7.69. The zero-order chi connectivity index (χ0) is 12.0. The fraction of sp³-hybridized carbons (Fsp3) is 0.538. The van der Waals surface area contributed by atoms with Gasteiger partial charge in [-0.25, -0.2) is 0 Å². The lowest BCUT2D eigenvalue weighted by molar-refractivity contribution is 0.247. The smallest absolute Gasteiger partial charge is 0.0245 e. The largest absolute Gasteiger partial charge is 0.298 e. The van der Waals surface area contributed by atoms with Gasteiger partial charge >= 0.3 is 0 Å². The fourth-order valence-electron chi connectivity index (χ4n) is 1.77. The first-order valence-corrected chi connectivity index (χ1v) is 7.80. The Morgan fingerprint density at radius 1 is 1.38 bits per heavy atom. The van der Waals surface area contributed by atoms with Crippen LogP contribution in [0.4, 0.5) is 0 Å². The molecule has 1 nitrogen and oxygen atoms in total. The van der Waals surface area contributed by atoms with Crippen LogP contribution in [0, 0.1) is 0 Å². The summed E-state index contributed by atoms with van der Waals surface area (Å²) in [5.74, 6) is 1.21. The highest BCUT2D eigenvalue weighted by molar-refractivity contribution is 9.10. The number of nitrogens with zero attached hydrogens (tertiary/aromatic N) is 1. The van der Waals surface area contributed by atoms with E-state index in [9.17, 15) is 0 Å². The van der Waals surface area contributed by atoms with E-state index >= 15 is 0 Å².